The van der Waals surface area contributed by atoms with Gasteiger partial charge in [-0.3, -0.25) is 4.90 Å². The van der Waals surface area contributed by atoms with Gasteiger partial charge in [-0.25, -0.2) is 4.39 Å². The van der Waals surface area contributed by atoms with Gasteiger partial charge in [-0.2, -0.15) is 0 Å². The van der Waals surface area contributed by atoms with Crippen molar-refractivity contribution in [2.75, 3.05) is 6.54 Å². The molecule has 1 aromatic carbocycles. The first-order valence-electron chi connectivity index (χ1n) is 8.10. The number of piperidine rings is 1. The molecule has 2 fully saturated rings. The highest BCUT2D eigenvalue weighted by Crippen LogP contribution is 2.31. The Bertz CT molecular complexity index is 482. The number of halogens is 2. The van der Waals surface area contributed by atoms with E-state index in [0.29, 0.717) is 18.1 Å². The molecule has 2 atom stereocenters. The lowest BCUT2D eigenvalue weighted by Crippen LogP contribution is -2.48. The van der Waals surface area contributed by atoms with Crippen molar-refractivity contribution in [2.45, 2.75) is 63.7 Å². The quantitative estimate of drug-likeness (QED) is 0.885. The fourth-order valence-electron chi connectivity index (χ4n) is 3.89. The van der Waals surface area contributed by atoms with E-state index < -0.39 is 0 Å². The first kappa shape index (κ1) is 15.3. The molecule has 3 rings (SSSR count). The van der Waals surface area contributed by atoms with Crippen molar-refractivity contribution in [3.63, 3.8) is 0 Å². The monoisotopic (exact) mass is 310 g/mol. The molecule has 0 aromatic heterocycles. The van der Waals surface area contributed by atoms with Crippen LogP contribution in [0.2, 0.25) is 5.02 Å². The van der Waals surface area contributed by atoms with E-state index in [1.54, 1.807) is 6.07 Å². The fraction of sp³-hybridized carbons (Fsp3) is 0.647. The van der Waals surface area contributed by atoms with Crippen molar-refractivity contribution in [2.24, 2.45) is 0 Å². The normalized spacial score (nSPS) is 28.3. The molecule has 2 aliphatic rings. The molecule has 116 valence electrons. The molecule has 1 aromatic rings. The van der Waals surface area contributed by atoms with Crippen LogP contribution in [0.3, 0.4) is 0 Å². The summed E-state index contributed by atoms with van der Waals surface area (Å²) in [6, 6.07) is 7.09. The molecule has 2 saturated heterocycles. The van der Waals surface area contributed by atoms with Crippen molar-refractivity contribution in [1.29, 1.82) is 0 Å². The van der Waals surface area contributed by atoms with Gasteiger partial charge in [0.1, 0.15) is 5.82 Å². The van der Waals surface area contributed by atoms with Crippen LogP contribution in [0, 0.1) is 5.82 Å². The summed E-state index contributed by atoms with van der Waals surface area (Å²) in [5.41, 5.74) is 0.913. The zero-order valence-electron chi connectivity index (χ0n) is 12.6. The minimum Gasteiger partial charge on any atom is -0.311 e. The van der Waals surface area contributed by atoms with E-state index in [1.807, 2.05) is 6.07 Å². The Morgan fingerprint density at radius 2 is 2.00 bits per heavy atom. The second-order valence-corrected chi connectivity index (χ2v) is 6.82. The lowest BCUT2D eigenvalue weighted by Gasteiger charge is -2.38. The summed E-state index contributed by atoms with van der Waals surface area (Å²) < 4.78 is 13.6. The molecular formula is C17H24ClFN2. The standard InChI is InChI=1S/C17H24ClFN2/c1-2-8-21(11-12-4-3-5-16(19)17(12)18)15-9-13-6-7-14(10-15)20-13/h3-5,13-15,20H,2,6-11H2,1H3. The molecule has 2 nitrogen and oxygen atoms in total. The van der Waals surface area contributed by atoms with Crippen molar-refractivity contribution < 1.29 is 4.39 Å². The molecule has 0 radical (unpaired) electrons. The van der Waals surface area contributed by atoms with Crippen molar-refractivity contribution in [1.82, 2.24) is 10.2 Å². The summed E-state index contributed by atoms with van der Waals surface area (Å²) in [5, 5.41) is 3.98. The SMILES string of the molecule is CCCN(Cc1cccc(F)c1Cl)C1CC2CCC(C1)N2. The third kappa shape index (κ3) is 3.41. The van der Waals surface area contributed by atoms with Crippen LogP contribution >= 0.6 is 11.6 Å². The zero-order valence-corrected chi connectivity index (χ0v) is 13.4. The van der Waals surface area contributed by atoms with Crippen LogP contribution in [-0.4, -0.2) is 29.6 Å². The van der Waals surface area contributed by atoms with Crippen molar-refractivity contribution in [3.8, 4) is 0 Å². The van der Waals surface area contributed by atoms with E-state index in [9.17, 15) is 4.39 Å². The second kappa shape index (κ2) is 6.64. The Kier molecular flexibility index (Phi) is 4.82. The van der Waals surface area contributed by atoms with Gasteiger partial charge in [0, 0.05) is 24.7 Å². The van der Waals surface area contributed by atoms with Gasteiger partial charge in [-0.05, 0) is 50.3 Å². The first-order valence-corrected chi connectivity index (χ1v) is 8.48. The summed E-state index contributed by atoms with van der Waals surface area (Å²) >= 11 is 6.13. The molecule has 0 aliphatic carbocycles. The van der Waals surface area contributed by atoms with E-state index in [2.05, 4.69) is 17.1 Å². The minimum absolute atomic E-state index is 0.288. The minimum atomic E-state index is -0.309. The largest absolute Gasteiger partial charge is 0.311 e. The number of fused-ring (bicyclic) bond motifs is 2. The van der Waals surface area contributed by atoms with Crippen LogP contribution < -0.4 is 5.32 Å². The number of nitrogens with one attached hydrogen (secondary N) is 1. The number of hydrogen-bond donors (Lipinski definition) is 1. The van der Waals surface area contributed by atoms with E-state index in [4.69, 9.17) is 11.6 Å². The maximum absolute atomic E-state index is 13.6. The molecule has 0 saturated carbocycles. The Morgan fingerprint density at radius 1 is 1.29 bits per heavy atom. The Hall–Kier alpha value is -0.640. The van der Waals surface area contributed by atoms with E-state index in [-0.39, 0.29) is 10.8 Å². The molecule has 21 heavy (non-hydrogen) atoms. The third-order valence-corrected chi connectivity index (χ3v) is 5.30. The second-order valence-electron chi connectivity index (χ2n) is 6.45. The van der Waals surface area contributed by atoms with Crippen LogP contribution in [0.15, 0.2) is 18.2 Å². The summed E-state index contributed by atoms with van der Waals surface area (Å²) in [5.74, 6) is -0.309. The summed E-state index contributed by atoms with van der Waals surface area (Å²) in [7, 11) is 0. The summed E-state index contributed by atoms with van der Waals surface area (Å²) in [4.78, 5) is 2.51. The average molecular weight is 311 g/mol. The Balaban J connectivity index is 1.73. The van der Waals surface area contributed by atoms with E-state index in [1.165, 1.54) is 31.7 Å². The predicted molar refractivity (Wildman–Crippen MR) is 85.1 cm³/mol. The highest BCUT2D eigenvalue weighted by atomic mass is 35.5. The smallest absolute Gasteiger partial charge is 0.142 e. The molecule has 2 unspecified atom stereocenters. The Labute approximate surface area is 131 Å². The van der Waals surface area contributed by atoms with Gasteiger partial charge >= 0.3 is 0 Å². The van der Waals surface area contributed by atoms with Gasteiger partial charge in [-0.15, -0.1) is 0 Å². The molecule has 4 heteroatoms. The van der Waals surface area contributed by atoms with Crippen LogP contribution in [0.4, 0.5) is 4.39 Å². The topological polar surface area (TPSA) is 15.3 Å². The molecule has 0 spiro atoms. The molecular weight excluding hydrogens is 287 g/mol. The summed E-state index contributed by atoms with van der Waals surface area (Å²) in [6.07, 6.45) is 6.16. The van der Waals surface area contributed by atoms with Gasteiger partial charge < -0.3 is 5.32 Å². The third-order valence-electron chi connectivity index (χ3n) is 4.88. The van der Waals surface area contributed by atoms with Gasteiger partial charge in [0.2, 0.25) is 0 Å². The van der Waals surface area contributed by atoms with Gasteiger partial charge in [0.25, 0.3) is 0 Å². The molecule has 0 amide bonds. The van der Waals surface area contributed by atoms with Gasteiger partial charge in [0.15, 0.2) is 0 Å². The lowest BCUT2D eigenvalue weighted by atomic mass is 9.97. The number of hydrogen-bond acceptors (Lipinski definition) is 2. The Morgan fingerprint density at radius 3 is 2.67 bits per heavy atom. The molecule has 1 N–H and O–H groups in total. The van der Waals surface area contributed by atoms with E-state index in [0.717, 1.165) is 25.1 Å². The fourth-order valence-corrected chi connectivity index (χ4v) is 4.08. The maximum Gasteiger partial charge on any atom is 0.142 e. The first-order chi connectivity index (χ1) is 10.2. The van der Waals surface area contributed by atoms with Crippen LogP contribution in [0.1, 0.15) is 44.6 Å². The lowest BCUT2D eigenvalue weighted by molar-refractivity contribution is 0.134. The predicted octanol–water partition coefficient (Wildman–Crippen LogP) is 3.97. The number of nitrogens with zero attached hydrogens (tertiary/aromatic N) is 1. The van der Waals surface area contributed by atoms with Crippen LogP contribution in [-0.2, 0) is 6.54 Å². The molecule has 2 aliphatic heterocycles. The van der Waals surface area contributed by atoms with Crippen LogP contribution in [0.5, 0.6) is 0 Å². The number of rotatable bonds is 5. The van der Waals surface area contributed by atoms with Gasteiger partial charge in [0.05, 0.1) is 5.02 Å². The average Bonchev–Trinajstić information content (AvgIpc) is 2.81. The summed E-state index contributed by atoms with van der Waals surface area (Å²) in [6.45, 7) is 4.02. The number of benzene rings is 1. The zero-order chi connectivity index (χ0) is 14.8. The van der Waals surface area contributed by atoms with Gasteiger partial charge in [-0.1, -0.05) is 30.7 Å². The van der Waals surface area contributed by atoms with Crippen LogP contribution in [0.25, 0.3) is 0 Å². The van der Waals surface area contributed by atoms with Crippen molar-refractivity contribution in [3.05, 3.63) is 34.6 Å². The van der Waals surface area contributed by atoms with E-state index >= 15 is 0 Å². The molecule has 2 heterocycles. The maximum atomic E-state index is 13.6. The highest BCUT2D eigenvalue weighted by Gasteiger charge is 2.35. The molecule has 2 bridgehead atoms. The highest BCUT2D eigenvalue weighted by molar-refractivity contribution is 6.31. The van der Waals surface area contributed by atoms with Crippen molar-refractivity contribution >= 4 is 11.6 Å².